The molecule has 0 fully saturated rings. The summed E-state index contributed by atoms with van der Waals surface area (Å²) in [4.78, 5) is 37.7. The summed E-state index contributed by atoms with van der Waals surface area (Å²) in [5.74, 6) is -3.84. The van der Waals surface area contributed by atoms with Crippen molar-refractivity contribution in [2.24, 2.45) is 5.92 Å². The predicted octanol–water partition coefficient (Wildman–Crippen LogP) is 1.37. The van der Waals surface area contributed by atoms with E-state index in [0.29, 0.717) is 0 Å². The van der Waals surface area contributed by atoms with Gasteiger partial charge in [0.05, 0.1) is 13.2 Å². The lowest BCUT2D eigenvalue weighted by Crippen LogP contribution is -2.50. The first-order valence-corrected chi connectivity index (χ1v) is 6.93. The summed E-state index contributed by atoms with van der Waals surface area (Å²) in [5.41, 5.74) is 0. The highest BCUT2D eigenvalue weighted by Crippen LogP contribution is 2.14. The van der Waals surface area contributed by atoms with Crippen LogP contribution < -0.4 is 0 Å². The van der Waals surface area contributed by atoms with Crippen molar-refractivity contribution in [1.29, 1.82) is 0 Å². The summed E-state index contributed by atoms with van der Waals surface area (Å²) < 4.78 is 9.63. The average Bonchev–Trinajstić information content (AvgIpc) is 2.28. The first kappa shape index (κ1) is 18.4. The van der Waals surface area contributed by atoms with E-state index in [1.165, 1.54) is 4.90 Å². The molecule has 0 heterocycles. The Morgan fingerprint density at radius 3 is 1.45 bits per heavy atom. The SMILES string of the molecule is CCOC(=O)C(C(=O)OCC)C(=O)N(C(C)C)C(C)C. The third kappa shape index (κ3) is 4.83. The van der Waals surface area contributed by atoms with Crippen LogP contribution in [-0.4, -0.2) is 48.0 Å². The van der Waals surface area contributed by atoms with Gasteiger partial charge in [0, 0.05) is 12.1 Å². The Kier molecular flexibility index (Phi) is 7.87. The van der Waals surface area contributed by atoms with Crippen molar-refractivity contribution >= 4 is 17.8 Å². The minimum atomic E-state index is -1.54. The van der Waals surface area contributed by atoms with Gasteiger partial charge in [0.25, 0.3) is 0 Å². The van der Waals surface area contributed by atoms with Crippen LogP contribution in [0.25, 0.3) is 0 Å². The number of nitrogens with zero attached hydrogens (tertiary/aromatic N) is 1. The van der Waals surface area contributed by atoms with Gasteiger partial charge in [-0.15, -0.1) is 0 Å². The van der Waals surface area contributed by atoms with Crippen LogP contribution in [0.15, 0.2) is 0 Å². The second-order valence-corrected chi connectivity index (χ2v) is 4.87. The van der Waals surface area contributed by atoms with E-state index in [1.807, 2.05) is 27.7 Å². The molecule has 0 bridgehead atoms. The fourth-order valence-electron chi connectivity index (χ4n) is 2.00. The molecule has 0 rings (SSSR count). The van der Waals surface area contributed by atoms with Crippen LogP contribution in [0.5, 0.6) is 0 Å². The number of rotatable bonds is 7. The van der Waals surface area contributed by atoms with Crippen LogP contribution in [-0.2, 0) is 23.9 Å². The summed E-state index contributed by atoms with van der Waals surface area (Å²) in [7, 11) is 0. The molecular formula is C14H25NO5. The Labute approximate surface area is 120 Å². The standard InChI is InChI=1S/C14H25NO5/c1-7-19-13(17)11(14(18)20-8-2)12(16)15(9(3)4)10(5)6/h9-11H,7-8H2,1-6H3. The first-order chi connectivity index (χ1) is 9.27. The normalized spacial score (nSPS) is 10.8. The highest BCUT2D eigenvalue weighted by atomic mass is 16.6. The van der Waals surface area contributed by atoms with Gasteiger partial charge >= 0.3 is 11.9 Å². The van der Waals surface area contributed by atoms with Gasteiger partial charge in [-0.25, -0.2) is 0 Å². The Hall–Kier alpha value is -1.59. The maximum Gasteiger partial charge on any atom is 0.330 e. The number of hydrogen-bond donors (Lipinski definition) is 0. The maximum absolute atomic E-state index is 12.5. The number of hydrogen-bond acceptors (Lipinski definition) is 5. The van der Waals surface area contributed by atoms with Crippen molar-refractivity contribution in [3.05, 3.63) is 0 Å². The van der Waals surface area contributed by atoms with Crippen molar-refractivity contribution in [3.63, 3.8) is 0 Å². The molecule has 116 valence electrons. The van der Waals surface area contributed by atoms with Crippen LogP contribution in [0.1, 0.15) is 41.5 Å². The van der Waals surface area contributed by atoms with E-state index in [2.05, 4.69) is 0 Å². The molecule has 1 amide bonds. The van der Waals surface area contributed by atoms with Crippen molar-refractivity contribution in [2.75, 3.05) is 13.2 Å². The molecule has 0 aliphatic carbocycles. The fraction of sp³-hybridized carbons (Fsp3) is 0.786. The largest absolute Gasteiger partial charge is 0.465 e. The Morgan fingerprint density at radius 1 is 0.850 bits per heavy atom. The second-order valence-electron chi connectivity index (χ2n) is 4.87. The smallest absolute Gasteiger partial charge is 0.330 e. The first-order valence-electron chi connectivity index (χ1n) is 6.93. The van der Waals surface area contributed by atoms with Gasteiger partial charge in [0.2, 0.25) is 11.8 Å². The fourth-order valence-corrected chi connectivity index (χ4v) is 2.00. The van der Waals surface area contributed by atoms with E-state index < -0.39 is 23.8 Å². The number of carbonyl (C=O) groups excluding carboxylic acids is 3. The molecule has 0 saturated heterocycles. The molecule has 0 aromatic carbocycles. The number of esters is 2. The molecule has 0 aliphatic heterocycles. The van der Waals surface area contributed by atoms with Gasteiger partial charge in [-0.05, 0) is 41.5 Å². The van der Waals surface area contributed by atoms with E-state index in [9.17, 15) is 14.4 Å². The summed E-state index contributed by atoms with van der Waals surface area (Å²) in [5, 5.41) is 0. The second kappa shape index (κ2) is 8.55. The van der Waals surface area contributed by atoms with Crippen molar-refractivity contribution in [3.8, 4) is 0 Å². The van der Waals surface area contributed by atoms with Gasteiger partial charge in [0.15, 0.2) is 0 Å². The molecule has 0 radical (unpaired) electrons. The topological polar surface area (TPSA) is 72.9 Å². The van der Waals surface area contributed by atoms with Gasteiger partial charge in [-0.3, -0.25) is 14.4 Å². The van der Waals surface area contributed by atoms with Gasteiger partial charge in [-0.1, -0.05) is 0 Å². The van der Waals surface area contributed by atoms with Gasteiger partial charge in [0.1, 0.15) is 0 Å². The molecule has 0 atom stereocenters. The van der Waals surface area contributed by atoms with Crippen LogP contribution in [0.2, 0.25) is 0 Å². The minimum Gasteiger partial charge on any atom is -0.465 e. The van der Waals surface area contributed by atoms with E-state index in [0.717, 1.165) is 0 Å². The molecule has 20 heavy (non-hydrogen) atoms. The molecule has 0 aliphatic rings. The third-order valence-corrected chi connectivity index (χ3v) is 2.66. The van der Waals surface area contributed by atoms with Crippen LogP contribution in [0, 0.1) is 5.92 Å². The van der Waals surface area contributed by atoms with Crippen molar-refractivity contribution < 1.29 is 23.9 Å². The molecular weight excluding hydrogens is 262 g/mol. The van der Waals surface area contributed by atoms with E-state index in [4.69, 9.17) is 9.47 Å². The molecule has 0 spiro atoms. The quantitative estimate of drug-likeness (QED) is 0.522. The van der Waals surface area contributed by atoms with E-state index >= 15 is 0 Å². The third-order valence-electron chi connectivity index (χ3n) is 2.66. The summed E-state index contributed by atoms with van der Waals surface area (Å²) in [6.45, 7) is 10.7. The molecule has 6 nitrogen and oxygen atoms in total. The number of amides is 1. The number of ether oxygens (including phenoxy) is 2. The average molecular weight is 287 g/mol. The molecule has 0 unspecified atom stereocenters. The van der Waals surface area contributed by atoms with Crippen LogP contribution >= 0.6 is 0 Å². The zero-order valence-corrected chi connectivity index (χ0v) is 13.1. The number of carbonyl (C=O) groups is 3. The molecule has 6 heteroatoms. The minimum absolute atomic E-state index is 0.103. The Morgan fingerprint density at radius 2 is 1.20 bits per heavy atom. The molecule has 0 aromatic heterocycles. The van der Waals surface area contributed by atoms with E-state index in [1.54, 1.807) is 13.8 Å². The lowest BCUT2D eigenvalue weighted by Gasteiger charge is -2.32. The highest BCUT2D eigenvalue weighted by molar-refractivity contribution is 6.14. The lowest BCUT2D eigenvalue weighted by molar-refractivity contribution is -0.168. The molecule has 0 N–H and O–H groups in total. The summed E-state index contributed by atoms with van der Waals surface area (Å²) in [6.07, 6.45) is 0. The Balaban J connectivity index is 5.33. The van der Waals surface area contributed by atoms with Crippen LogP contribution in [0.4, 0.5) is 0 Å². The van der Waals surface area contributed by atoms with E-state index in [-0.39, 0.29) is 25.3 Å². The predicted molar refractivity (Wildman–Crippen MR) is 73.9 cm³/mol. The maximum atomic E-state index is 12.5. The monoisotopic (exact) mass is 287 g/mol. The molecule has 0 aromatic rings. The van der Waals surface area contributed by atoms with Gasteiger partial charge in [-0.2, -0.15) is 0 Å². The molecule has 0 saturated carbocycles. The van der Waals surface area contributed by atoms with Crippen molar-refractivity contribution in [2.45, 2.75) is 53.6 Å². The Bertz CT molecular complexity index is 325. The summed E-state index contributed by atoms with van der Waals surface area (Å²) in [6, 6.07) is -0.261. The lowest BCUT2D eigenvalue weighted by atomic mass is 10.1. The van der Waals surface area contributed by atoms with Crippen molar-refractivity contribution in [1.82, 2.24) is 4.90 Å². The summed E-state index contributed by atoms with van der Waals surface area (Å²) >= 11 is 0. The van der Waals surface area contributed by atoms with Crippen LogP contribution in [0.3, 0.4) is 0 Å². The highest BCUT2D eigenvalue weighted by Gasteiger charge is 2.41. The zero-order valence-electron chi connectivity index (χ0n) is 13.1. The van der Waals surface area contributed by atoms with Gasteiger partial charge < -0.3 is 14.4 Å². The zero-order chi connectivity index (χ0) is 15.9.